The molecule has 2 aromatic carbocycles. The number of hydrogen-bond acceptors (Lipinski definition) is 12. The fourth-order valence-corrected chi connectivity index (χ4v) is 5.14. The summed E-state index contributed by atoms with van der Waals surface area (Å²) in [5.74, 6) is 0. The van der Waals surface area contributed by atoms with Crippen LogP contribution in [0.5, 0.6) is 0 Å². The summed E-state index contributed by atoms with van der Waals surface area (Å²) in [4.78, 5) is 45.3. The average molecular weight is 627 g/mol. The molecule has 0 unspecified atom stereocenters. The first kappa shape index (κ1) is 36.6. The average Bonchev–Trinajstić information content (AvgIpc) is 2.91. The first-order valence-electron chi connectivity index (χ1n) is 13.7. The van der Waals surface area contributed by atoms with Crippen LogP contribution in [0.15, 0.2) is 29.2 Å². The van der Waals surface area contributed by atoms with Crippen molar-refractivity contribution in [3.8, 4) is 0 Å². The zero-order valence-electron chi connectivity index (χ0n) is 25.1. The van der Waals surface area contributed by atoms with E-state index in [1.54, 1.807) is 16.7 Å². The second-order valence-electron chi connectivity index (χ2n) is 9.74. The fourth-order valence-electron chi connectivity index (χ4n) is 4.49. The second kappa shape index (κ2) is 16.3. The molecular formula is C26H38N6O10S. The van der Waals surface area contributed by atoms with Gasteiger partial charge >= 0.3 is 11.4 Å². The van der Waals surface area contributed by atoms with E-state index in [2.05, 4.69) is 0 Å². The highest BCUT2D eigenvalue weighted by atomic mass is 32.2. The molecule has 0 atom stereocenters. The molecule has 0 fully saturated rings. The van der Waals surface area contributed by atoms with E-state index in [0.29, 0.717) is 44.6 Å². The van der Waals surface area contributed by atoms with Gasteiger partial charge in [0.1, 0.15) is 0 Å². The van der Waals surface area contributed by atoms with Crippen molar-refractivity contribution in [2.75, 3.05) is 42.2 Å². The minimum absolute atomic E-state index is 0.120. The standard InChI is InChI=1S/C13H19N3O6S.C13H19N3O4/c1-4-6-14(7-5-2)13-11(15(17)18)8-10(23(3,21)22)9-12(13)16(19)20;1-4-6-14(7-5-2)13-11(15(17)18)8-10(3)9-12(13)16(19)20/h8-9H,4-7H2,1-3H3;8-9H,4-7H2,1-3H3. The van der Waals surface area contributed by atoms with E-state index in [0.717, 1.165) is 31.2 Å². The molecule has 0 aliphatic rings. The molecule has 17 heteroatoms. The lowest BCUT2D eigenvalue weighted by Gasteiger charge is -2.23. The van der Waals surface area contributed by atoms with Gasteiger partial charge in [-0.2, -0.15) is 0 Å². The summed E-state index contributed by atoms with van der Waals surface area (Å²) < 4.78 is 23.3. The highest BCUT2D eigenvalue weighted by Gasteiger charge is 2.33. The summed E-state index contributed by atoms with van der Waals surface area (Å²) in [6, 6.07) is 4.55. The third kappa shape index (κ3) is 9.83. The maximum atomic E-state index is 11.7. The number of anilines is 2. The van der Waals surface area contributed by atoms with Crippen molar-refractivity contribution in [1.82, 2.24) is 0 Å². The summed E-state index contributed by atoms with van der Waals surface area (Å²) in [7, 11) is -3.81. The van der Waals surface area contributed by atoms with Crippen LogP contribution in [-0.4, -0.2) is 60.5 Å². The molecule has 2 aromatic rings. The largest absolute Gasteiger partial charge is 0.360 e. The van der Waals surface area contributed by atoms with Gasteiger partial charge in [0.15, 0.2) is 21.2 Å². The van der Waals surface area contributed by atoms with Crippen LogP contribution in [0.1, 0.15) is 58.9 Å². The van der Waals surface area contributed by atoms with Crippen molar-refractivity contribution in [2.24, 2.45) is 0 Å². The Morgan fingerprint density at radius 2 is 0.837 bits per heavy atom. The van der Waals surface area contributed by atoms with Crippen molar-refractivity contribution < 1.29 is 28.1 Å². The predicted octanol–water partition coefficient (Wildman–Crippen LogP) is 5.97. The van der Waals surface area contributed by atoms with Crippen LogP contribution in [0.4, 0.5) is 34.1 Å². The Labute approximate surface area is 249 Å². The Bertz CT molecular complexity index is 1370. The molecule has 16 nitrogen and oxygen atoms in total. The van der Waals surface area contributed by atoms with Crippen LogP contribution in [0, 0.1) is 47.4 Å². The third-order valence-corrected chi connectivity index (χ3v) is 7.17. The van der Waals surface area contributed by atoms with Crippen LogP contribution in [0.3, 0.4) is 0 Å². The van der Waals surface area contributed by atoms with Crippen LogP contribution < -0.4 is 9.80 Å². The predicted molar refractivity (Wildman–Crippen MR) is 163 cm³/mol. The smallest absolute Gasteiger partial charge is 0.300 e. The van der Waals surface area contributed by atoms with E-state index in [1.807, 2.05) is 27.7 Å². The summed E-state index contributed by atoms with van der Waals surface area (Å²) in [5, 5.41) is 45.1. The normalized spacial score (nSPS) is 10.8. The molecule has 0 N–H and O–H groups in total. The molecule has 43 heavy (non-hydrogen) atoms. The van der Waals surface area contributed by atoms with Crippen molar-refractivity contribution >= 4 is 44.0 Å². The molecule has 0 saturated carbocycles. The van der Waals surface area contributed by atoms with Gasteiger partial charge in [0.25, 0.3) is 11.4 Å². The first-order chi connectivity index (χ1) is 20.0. The number of sulfone groups is 1. The van der Waals surface area contributed by atoms with Gasteiger partial charge in [-0.1, -0.05) is 27.7 Å². The van der Waals surface area contributed by atoms with Gasteiger partial charge in [-0.3, -0.25) is 40.5 Å². The summed E-state index contributed by atoms with van der Waals surface area (Å²) in [5.41, 5.74) is -1.04. The first-order valence-corrected chi connectivity index (χ1v) is 15.5. The maximum Gasteiger partial charge on any atom is 0.300 e. The van der Waals surface area contributed by atoms with Crippen LogP contribution >= 0.6 is 0 Å². The molecule has 0 aromatic heterocycles. The molecule has 0 radical (unpaired) electrons. The minimum Gasteiger partial charge on any atom is -0.360 e. The van der Waals surface area contributed by atoms with Gasteiger partial charge in [0.05, 0.1) is 24.6 Å². The van der Waals surface area contributed by atoms with Gasteiger partial charge in [-0.05, 0) is 38.2 Å². The molecule has 2 rings (SSSR count). The Balaban J connectivity index is 0.000000434. The molecule has 0 amide bonds. The molecule has 0 bridgehead atoms. The van der Waals surface area contributed by atoms with Crippen molar-refractivity contribution in [1.29, 1.82) is 0 Å². The Kier molecular flexibility index (Phi) is 13.9. The van der Waals surface area contributed by atoms with E-state index >= 15 is 0 Å². The quantitative estimate of drug-likeness (QED) is 0.165. The minimum atomic E-state index is -3.81. The number of rotatable bonds is 15. The maximum absolute atomic E-state index is 11.7. The lowest BCUT2D eigenvalue weighted by atomic mass is 10.1. The number of nitro groups is 4. The Morgan fingerprint density at radius 1 is 0.581 bits per heavy atom. The van der Waals surface area contributed by atoms with E-state index in [9.17, 15) is 48.9 Å². The monoisotopic (exact) mass is 626 g/mol. The van der Waals surface area contributed by atoms with Crippen LogP contribution in [0.2, 0.25) is 0 Å². The summed E-state index contributed by atoms with van der Waals surface area (Å²) in [6.45, 7) is 11.1. The molecule has 0 spiro atoms. The van der Waals surface area contributed by atoms with Crippen molar-refractivity contribution in [3.05, 3.63) is 70.3 Å². The number of nitrogens with zero attached hydrogens (tertiary/aromatic N) is 6. The summed E-state index contributed by atoms with van der Waals surface area (Å²) in [6.07, 6.45) is 3.67. The molecule has 0 heterocycles. The topological polar surface area (TPSA) is 213 Å². The number of aryl methyl sites for hydroxylation is 1. The van der Waals surface area contributed by atoms with Gasteiger partial charge in [-0.25, -0.2) is 8.42 Å². The third-order valence-electron chi connectivity index (χ3n) is 6.08. The summed E-state index contributed by atoms with van der Waals surface area (Å²) >= 11 is 0. The van der Waals surface area contributed by atoms with Crippen molar-refractivity contribution in [3.63, 3.8) is 0 Å². The fraction of sp³-hybridized carbons (Fsp3) is 0.538. The van der Waals surface area contributed by atoms with Crippen molar-refractivity contribution in [2.45, 2.75) is 65.2 Å². The Morgan fingerprint density at radius 3 is 1.05 bits per heavy atom. The number of benzene rings is 2. The van der Waals surface area contributed by atoms with Gasteiger partial charge < -0.3 is 9.80 Å². The molecule has 0 aliphatic heterocycles. The van der Waals surface area contributed by atoms with E-state index in [1.165, 1.54) is 12.1 Å². The lowest BCUT2D eigenvalue weighted by molar-refractivity contribution is -0.393. The van der Waals surface area contributed by atoms with Gasteiger partial charge in [0, 0.05) is 56.7 Å². The molecule has 0 aliphatic carbocycles. The van der Waals surface area contributed by atoms with Crippen LogP contribution in [0.25, 0.3) is 0 Å². The molecule has 0 saturated heterocycles. The zero-order chi connectivity index (χ0) is 33.1. The SMILES string of the molecule is CCCN(CCC)c1c([N+](=O)[O-])cc(C)cc1[N+](=O)[O-].CCCN(CCC)c1c([N+](=O)[O-])cc(S(C)(=O)=O)cc1[N+](=O)[O-]. The Hall–Kier alpha value is -4.41. The van der Waals surface area contributed by atoms with Gasteiger partial charge in [-0.15, -0.1) is 0 Å². The number of hydrogen-bond donors (Lipinski definition) is 0. The molecular weight excluding hydrogens is 588 g/mol. The highest BCUT2D eigenvalue weighted by molar-refractivity contribution is 7.90. The van der Waals surface area contributed by atoms with Crippen LogP contribution in [-0.2, 0) is 9.84 Å². The molecule has 238 valence electrons. The number of nitro benzene ring substituents is 4. The lowest BCUT2D eigenvalue weighted by Crippen LogP contribution is -2.26. The zero-order valence-corrected chi connectivity index (χ0v) is 26.0. The van der Waals surface area contributed by atoms with E-state index in [-0.39, 0.29) is 22.7 Å². The van der Waals surface area contributed by atoms with E-state index < -0.39 is 45.8 Å². The van der Waals surface area contributed by atoms with E-state index in [4.69, 9.17) is 0 Å². The highest BCUT2D eigenvalue weighted by Crippen LogP contribution is 2.41. The van der Waals surface area contributed by atoms with Gasteiger partial charge in [0.2, 0.25) is 0 Å². The second-order valence-corrected chi connectivity index (χ2v) is 11.8.